The van der Waals surface area contributed by atoms with Gasteiger partial charge in [0.05, 0.1) is 14.2 Å². The zero-order chi connectivity index (χ0) is 16.1. The Morgan fingerprint density at radius 1 is 1.05 bits per heavy atom. The molecule has 0 amide bonds. The van der Waals surface area contributed by atoms with Gasteiger partial charge in [-0.1, -0.05) is 33.6 Å². The van der Waals surface area contributed by atoms with Gasteiger partial charge in [-0.2, -0.15) is 0 Å². The van der Waals surface area contributed by atoms with Crippen LogP contribution in [0.1, 0.15) is 29.7 Å². The minimum Gasteiger partial charge on any atom is -0.496 e. The van der Waals surface area contributed by atoms with Crippen LogP contribution in [-0.4, -0.2) is 14.2 Å². The number of nitrogens with one attached hydrogen (secondary N) is 1. The van der Waals surface area contributed by atoms with Gasteiger partial charge in [0, 0.05) is 28.2 Å². The molecule has 0 aliphatic rings. The van der Waals surface area contributed by atoms with Gasteiger partial charge in [-0.15, -0.1) is 0 Å². The predicted molar refractivity (Wildman–Crippen MR) is 93.7 cm³/mol. The Labute approximate surface area is 140 Å². The van der Waals surface area contributed by atoms with Crippen molar-refractivity contribution in [1.29, 1.82) is 0 Å². The Hall–Kier alpha value is -1.52. The van der Waals surface area contributed by atoms with Crippen LogP contribution >= 0.6 is 15.9 Å². The molecule has 1 N–H and O–H groups in total. The highest BCUT2D eigenvalue weighted by molar-refractivity contribution is 9.10. The summed E-state index contributed by atoms with van der Waals surface area (Å²) in [5.41, 5.74) is 3.51. The van der Waals surface area contributed by atoms with Gasteiger partial charge in [0.1, 0.15) is 11.5 Å². The molecule has 0 bridgehead atoms. The topological polar surface area (TPSA) is 30.5 Å². The number of hydrogen-bond acceptors (Lipinski definition) is 3. The van der Waals surface area contributed by atoms with E-state index in [0.29, 0.717) is 0 Å². The van der Waals surface area contributed by atoms with Crippen LogP contribution in [0.3, 0.4) is 0 Å². The second-order valence-electron chi connectivity index (χ2n) is 5.30. The lowest BCUT2D eigenvalue weighted by Crippen LogP contribution is -2.19. The molecule has 0 radical (unpaired) electrons. The number of aryl methyl sites for hydroxylation is 1. The fourth-order valence-corrected chi connectivity index (χ4v) is 2.86. The summed E-state index contributed by atoms with van der Waals surface area (Å²) in [7, 11) is 3.40. The first-order valence-electron chi connectivity index (χ1n) is 7.25. The van der Waals surface area contributed by atoms with Gasteiger partial charge in [0.2, 0.25) is 0 Å². The smallest absolute Gasteiger partial charge is 0.123 e. The summed E-state index contributed by atoms with van der Waals surface area (Å²) in [6.07, 6.45) is 0. The SMILES string of the molecule is COc1ccc(Br)cc1CNC(C)c1cc(C)ccc1OC. The molecule has 0 aliphatic carbocycles. The zero-order valence-electron chi connectivity index (χ0n) is 13.4. The first-order chi connectivity index (χ1) is 10.5. The molecule has 1 unspecified atom stereocenters. The van der Waals surface area contributed by atoms with Crippen LogP contribution in [0.2, 0.25) is 0 Å². The third-order valence-corrected chi connectivity index (χ3v) is 4.19. The van der Waals surface area contributed by atoms with E-state index in [1.54, 1.807) is 14.2 Å². The molecule has 22 heavy (non-hydrogen) atoms. The van der Waals surface area contributed by atoms with Crippen LogP contribution in [0.5, 0.6) is 11.5 Å². The van der Waals surface area contributed by atoms with Crippen LogP contribution < -0.4 is 14.8 Å². The maximum absolute atomic E-state index is 5.47. The number of ether oxygens (including phenoxy) is 2. The van der Waals surface area contributed by atoms with Crippen molar-refractivity contribution < 1.29 is 9.47 Å². The van der Waals surface area contributed by atoms with E-state index < -0.39 is 0 Å². The summed E-state index contributed by atoms with van der Waals surface area (Å²) >= 11 is 3.51. The number of halogens is 1. The van der Waals surface area contributed by atoms with Gasteiger partial charge in [-0.3, -0.25) is 0 Å². The van der Waals surface area contributed by atoms with Crippen molar-refractivity contribution in [2.24, 2.45) is 0 Å². The number of benzene rings is 2. The van der Waals surface area contributed by atoms with E-state index in [-0.39, 0.29) is 6.04 Å². The van der Waals surface area contributed by atoms with E-state index in [2.05, 4.69) is 53.3 Å². The second-order valence-corrected chi connectivity index (χ2v) is 6.22. The molecular formula is C18H22BrNO2. The summed E-state index contributed by atoms with van der Waals surface area (Å²) < 4.78 is 11.9. The summed E-state index contributed by atoms with van der Waals surface area (Å²) in [5.74, 6) is 1.80. The van der Waals surface area contributed by atoms with Crippen molar-refractivity contribution in [2.45, 2.75) is 26.4 Å². The summed E-state index contributed by atoms with van der Waals surface area (Å²) in [6.45, 7) is 4.95. The highest BCUT2D eigenvalue weighted by atomic mass is 79.9. The van der Waals surface area contributed by atoms with Crippen LogP contribution in [0.25, 0.3) is 0 Å². The Balaban J connectivity index is 2.15. The molecular weight excluding hydrogens is 342 g/mol. The van der Waals surface area contributed by atoms with Gasteiger partial charge in [0.25, 0.3) is 0 Å². The van der Waals surface area contributed by atoms with Crippen LogP contribution in [-0.2, 0) is 6.54 Å². The molecule has 2 rings (SSSR count). The average molecular weight is 364 g/mol. The molecule has 0 saturated heterocycles. The summed E-state index contributed by atoms with van der Waals surface area (Å²) in [6, 6.07) is 12.4. The highest BCUT2D eigenvalue weighted by Crippen LogP contribution is 2.28. The zero-order valence-corrected chi connectivity index (χ0v) is 15.0. The molecule has 0 spiro atoms. The normalized spacial score (nSPS) is 12.0. The van der Waals surface area contributed by atoms with E-state index in [1.165, 1.54) is 5.56 Å². The van der Waals surface area contributed by atoms with Gasteiger partial charge >= 0.3 is 0 Å². The molecule has 0 aliphatic heterocycles. The van der Waals surface area contributed by atoms with E-state index in [1.807, 2.05) is 18.2 Å². The van der Waals surface area contributed by atoms with Gasteiger partial charge in [-0.05, 0) is 38.1 Å². The molecule has 0 heterocycles. The molecule has 0 saturated carbocycles. The molecule has 0 fully saturated rings. The largest absolute Gasteiger partial charge is 0.496 e. The van der Waals surface area contributed by atoms with Crippen LogP contribution in [0.4, 0.5) is 0 Å². The van der Waals surface area contributed by atoms with Gasteiger partial charge < -0.3 is 14.8 Å². The lowest BCUT2D eigenvalue weighted by molar-refractivity contribution is 0.397. The quantitative estimate of drug-likeness (QED) is 0.811. The van der Waals surface area contributed by atoms with Crippen LogP contribution in [0, 0.1) is 6.92 Å². The predicted octanol–water partition coefficient (Wildman–Crippen LogP) is 4.63. The molecule has 0 aromatic heterocycles. The van der Waals surface area contributed by atoms with Crippen molar-refractivity contribution in [1.82, 2.24) is 5.32 Å². The Kier molecular flexibility index (Phi) is 5.86. The molecule has 2 aromatic carbocycles. The number of methoxy groups -OCH3 is 2. The monoisotopic (exact) mass is 363 g/mol. The Morgan fingerprint density at radius 2 is 1.73 bits per heavy atom. The van der Waals surface area contributed by atoms with Crippen molar-refractivity contribution in [2.75, 3.05) is 14.2 Å². The molecule has 3 nitrogen and oxygen atoms in total. The summed E-state index contributed by atoms with van der Waals surface area (Å²) in [4.78, 5) is 0. The minimum atomic E-state index is 0.179. The molecule has 118 valence electrons. The van der Waals surface area contributed by atoms with Crippen molar-refractivity contribution in [3.05, 3.63) is 57.6 Å². The highest BCUT2D eigenvalue weighted by Gasteiger charge is 2.12. The average Bonchev–Trinajstić information content (AvgIpc) is 2.52. The Bertz CT molecular complexity index is 643. The summed E-state index contributed by atoms with van der Waals surface area (Å²) in [5, 5.41) is 3.54. The van der Waals surface area contributed by atoms with Gasteiger partial charge in [-0.25, -0.2) is 0 Å². The van der Waals surface area contributed by atoms with E-state index in [4.69, 9.17) is 9.47 Å². The standard InChI is InChI=1S/C18H22BrNO2/c1-12-5-7-18(22-4)16(9-12)13(2)20-11-14-10-15(19)6-8-17(14)21-3/h5-10,13,20H,11H2,1-4H3. The minimum absolute atomic E-state index is 0.179. The molecule has 1 atom stereocenters. The maximum atomic E-state index is 5.47. The third kappa shape index (κ3) is 4.02. The molecule has 2 aromatic rings. The van der Waals surface area contributed by atoms with Crippen molar-refractivity contribution in [3.63, 3.8) is 0 Å². The lowest BCUT2D eigenvalue weighted by Gasteiger charge is -2.19. The van der Waals surface area contributed by atoms with Gasteiger partial charge in [0.15, 0.2) is 0 Å². The Morgan fingerprint density at radius 3 is 2.41 bits per heavy atom. The molecule has 4 heteroatoms. The maximum Gasteiger partial charge on any atom is 0.123 e. The number of hydrogen-bond donors (Lipinski definition) is 1. The first-order valence-corrected chi connectivity index (χ1v) is 8.04. The lowest BCUT2D eigenvalue weighted by atomic mass is 10.0. The van der Waals surface area contributed by atoms with E-state index >= 15 is 0 Å². The second kappa shape index (κ2) is 7.65. The van der Waals surface area contributed by atoms with Crippen molar-refractivity contribution in [3.8, 4) is 11.5 Å². The van der Waals surface area contributed by atoms with E-state index in [9.17, 15) is 0 Å². The van der Waals surface area contributed by atoms with Crippen molar-refractivity contribution >= 4 is 15.9 Å². The number of rotatable bonds is 6. The third-order valence-electron chi connectivity index (χ3n) is 3.69. The fraction of sp³-hybridized carbons (Fsp3) is 0.333. The fourth-order valence-electron chi connectivity index (χ4n) is 2.45. The van der Waals surface area contributed by atoms with Crippen LogP contribution in [0.15, 0.2) is 40.9 Å². The van der Waals surface area contributed by atoms with E-state index in [0.717, 1.165) is 33.6 Å². The first kappa shape index (κ1) is 16.8.